The third-order valence-corrected chi connectivity index (χ3v) is 6.23. The maximum absolute atomic E-state index is 12.6. The van der Waals surface area contributed by atoms with E-state index in [1.807, 2.05) is 39.0 Å². The van der Waals surface area contributed by atoms with Crippen LogP contribution in [0.1, 0.15) is 33.2 Å². The van der Waals surface area contributed by atoms with E-state index in [1.165, 1.54) is 17.8 Å². The molecule has 1 aliphatic heterocycles. The number of aromatic nitrogens is 3. The van der Waals surface area contributed by atoms with E-state index >= 15 is 0 Å². The number of anilines is 1. The zero-order chi connectivity index (χ0) is 21.1. The average molecular weight is 424 g/mol. The van der Waals surface area contributed by atoms with Crippen molar-refractivity contribution in [2.45, 2.75) is 27.2 Å². The smallest absolute Gasteiger partial charge is 0.267 e. The fourth-order valence-corrected chi connectivity index (χ4v) is 4.21. The Hall–Kier alpha value is -2.84. The summed E-state index contributed by atoms with van der Waals surface area (Å²) in [4.78, 5) is 28.5. The van der Waals surface area contributed by atoms with Gasteiger partial charge in [0.15, 0.2) is 0 Å². The Balaban J connectivity index is 1.63. The van der Waals surface area contributed by atoms with Crippen molar-refractivity contribution in [2.24, 2.45) is 0 Å². The number of carbonyl (C=O) groups excluding carboxylic acids is 1. The van der Waals surface area contributed by atoms with Crippen LogP contribution in [0.4, 0.5) is 5.69 Å². The van der Waals surface area contributed by atoms with Crippen LogP contribution < -0.4 is 10.1 Å². The van der Waals surface area contributed by atoms with Crippen LogP contribution in [0.25, 0.3) is 11.1 Å². The zero-order valence-corrected chi connectivity index (χ0v) is 18.3. The van der Waals surface area contributed by atoms with Crippen LogP contribution in [0, 0.1) is 20.8 Å². The Morgan fingerprint density at radius 1 is 1.13 bits per heavy atom. The second kappa shape index (κ2) is 8.89. The molecule has 30 heavy (non-hydrogen) atoms. The van der Waals surface area contributed by atoms with Gasteiger partial charge in [-0.1, -0.05) is 0 Å². The van der Waals surface area contributed by atoms with E-state index < -0.39 is 0 Å². The minimum absolute atomic E-state index is 0.162. The Bertz CT molecular complexity index is 1040. The number of hydrogen-bond acceptors (Lipinski definition) is 7. The zero-order valence-electron chi connectivity index (χ0n) is 17.4. The maximum atomic E-state index is 12.6. The second-order valence-electron chi connectivity index (χ2n) is 7.40. The number of amides is 1. The van der Waals surface area contributed by atoms with E-state index in [-0.39, 0.29) is 5.91 Å². The predicted molar refractivity (Wildman–Crippen MR) is 118 cm³/mol. The fourth-order valence-electron chi connectivity index (χ4n) is 3.51. The summed E-state index contributed by atoms with van der Waals surface area (Å²) in [7, 11) is 0. The molecule has 1 saturated heterocycles. The maximum Gasteiger partial charge on any atom is 0.267 e. The van der Waals surface area contributed by atoms with Gasteiger partial charge in [0, 0.05) is 34.7 Å². The number of likely N-dealkylation sites (tertiary alicyclic amines) is 1. The molecule has 8 heteroatoms. The van der Waals surface area contributed by atoms with Crippen molar-refractivity contribution in [3.63, 3.8) is 0 Å². The van der Waals surface area contributed by atoms with Gasteiger partial charge in [-0.3, -0.25) is 9.69 Å². The number of nitrogens with zero attached hydrogens (tertiary/aromatic N) is 4. The largest absolute Gasteiger partial charge is 0.492 e. The summed E-state index contributed by atoms with van der Waals surface area (Å²) in [5.41, 5.74) is 6.66. The normalized spacial score (nSPS) is 13.7. The number of benzene rings is 1. The lowest BCUT2D eigenvalue weighted by atomic mass is 10.0. The molecule has 0 bridgehead atoms. The highest BCUT2D eigenvalue weighted by molar-refractivity contribution is 7.12. The first-order chi connectivity index (χ1) is 14.5. The fraction of sp³-hybridized carbons (Fsp3) is 0.364. The number of hydrogen-bond donors (Lipinski definition) is 1. The second-order valence-corrected chi connectivity index (χ2v) is 8.25. The van der Waals surface area contributed by atoms with Crippen LogP contribution in [0.15, 0.2) is 30.0 Å². The van der Waals surface area contributed by atoms with E-state index in [1.54, 1.807) is 11.8 Å². The van der Waals surface area contributed by atoms with E-state index in [4.69, 9.17) is 4.74 Å². The van der Waals surface area contributed by atoms with Crippen LogP contribution >= 0.6 is 11.3 Å². The number of aryl methyl sites for hydroxylation is 3. The highest BCUT2D eigenvalue weighted by Crippen LogP contribution is 2.36. The number of rotatable bonds is 7. The van der Waals surface area contributed by atoms with Crippen LogP contribution in [0.3, 0.4) is 0 Å². The quantitative estimate of drug-likeness (QED) is 0.622. The van der Waals surface area contributed by atoms with Gasteiger partial charge in [-0.05, 0) is 58.5 Å². The van der Waals surface area contributed by atoms with Crippen molar-refractivity contribution in [1.29, 1.82) is 0 Å². The van der Waals surface area contributed by atoms with Crippen molar-refractivity contribution >= 4 is 22.9 Å². The number of carbonyl (C=O) groups is 1. The summed E-state index contributed by atoms with van der Waals surface area (Å²) < 4.78 is 6.14. The molecule has 3 aromatic rings. The third kappa shape index (κ3) is 4.34. The van der Waals surface area contributed by atoms with E-state index in [0.29, 0.717) is 17.2 Å². The molecule has 2 aromatic heterocycles. The van der Waals surface area contributed by atoms with Crippen molar-refractivity contribution in [3.05, 3.63) is 52.0 Å². The molecular weight excluding hydrogens is 398 g/mol. The van der Waals surface area contributed by atoms with Gasteiger partial charge in [0.25, 0.3) is 5.91 Å². The SMILES string of the molecule is Cc1ncsc1C(=O)Nc1ccc(OCCN2CCC2)c(-c2c(C)ncnc2C)c1. The first kappa shape index (κ1) is 20.4. The number of thiazole rings is 1. The topological polar surface area (TPSA) is 80.2 Å². The van der Waals surface area contributed by atoms with E-state index in [2.05, 4.69) is 25.2 Å². The van der Waals surface area contributed by atoms with Crippen molar-refractivity contribution < 1.29 is 9.53 Å². The van der Waals surface area contributed by atoms with Gasteiger partial charge in [-0.15, -0.1) is 11.3 Å². The molecule has 0 radical (unpaired) electrons. The van der Waals surface area contributed by atoms with Crippen LogP contribution in [-0.2, 0) is 0 Å². The Labute approximate surface area is 180 Å². The van der Waals surface area contributed by atoms with Gasteiger partial charge in [-0.25, -0.2) is 15.0 Å². The molecule has 1 amide bonds. The molecule has 0 aliphatic carbocycles. The summed E-state index contributed by atoms with van der Waals surface area (Å²) in [6.07, 6.45) is 2.83. The van der Waals surface area contributed by atoms with Crippen molar-refractivity contribution in [3.8, 4) is 16.9 Å². The lowest BCUT2D eigenvalue weighted by molar-refractivity contribution is 0.103. The van der Waals surface area contributed by atoms with Gasteiger partial charge in [0.2, 0.25) is 0 Å². The number of nitrogens with one attached hydrogen (secondary N) is 1. The molecule has 0 atom stereocenters. The summed E-state index contributed by atoms with van der Waals surface area (Å²) in [6.45, 7) is 9.56. The molecule has 0 saturated carbocycles. The summed E-state index contributed by atoms with van der Waals surface area (Å²) in [5.74, 6) is 0.605. The minimum Gasteiger partial charge on any atom is -0.492 e. The molecule has 0 spiro atoms. The van der Waals surface area contributed by atoms with E-state index in [0.717, 1.165) is 53.6 Å². The van der Waals surface area contributed by atoms with Crippen molar-refractivity contribution in [1.82, 2.24) is 19.9 Å². The Morgan fingerprint density at radius 2 is 1.90 bits per heavy atom. The predicted octanol–water partition coefficient (Wildman–Crippen LogP) is 3.86. The highest BCUT2D eigenvalue weighted by Gasteiger charge is 2.18. The molecule has 1 N–H and O–H groups in total. The molecule has 1 aliphatic rings. The molecule has 4 rings (SSSR count). The van der Waals surface area contributed by atoms with Gasteiger partial charge < -0.3 is 10.1 Å². The third-order valence-electron chi connectivity index (χ3n) is 5.30. The first-order valence-corrected chi connectivity index (χ1v) is 10.9. The van der Waals surface area contributed by atoms with Gasteiger partial charge in [-0.2, -0.15) is 0 Å². The van der Waals surface area contributed by atoms with Gasteiger partial charge in [0.1, 0.15) is 23.6 Å². The van der Waals surface area contributed by atoms with Crippen molar-refractivity contribution in [2.75, 3.05) is 31.6 Å². The highest BCUT2D eigenvalue weighted by atomic mass is 32.1. The van der Waals surface area contributed by atoms with Crippen LogP contribution in [0.2, 0.25) is 0 Å². The lowest BCUT2D eigenvalue weighted by Crippen LogP contribution is -2.39. The average Bonchev–Trinajstić information content (AvgIpc) is 3.11. The summed E-state index contributed by atoms with van der Waals surface area (Å²) in [6, 6.07) is 5.71. The van der Waals surface area contributed by atoms with Gasteiger partial charge >= 0.3 is 0 Å². The number of ether oxygens (including phenoxy) is 1. The lowest BCUT2D eigenvalue weighted by Gasteiger charge is -2.30. The molecule has 0 unspecified atom stereocenters. The molecule has 1 fully saturated rings. The molecule has 156 valence electrons. The van der Waals surface area contributed by atoms with Crippen LogP contribution in [0.5, 0.6) is 5.75 Å². The van der Waals surface area contributed by atoms with Gasteiger partial charge in [0.05, 0.1) is 11.2 Å². The molecular formula is C22H25N5O2S. The molecule has 1 aromatic carbocycles. The van der Waals surface area contributed by atoms with Crippen LogP contribution in [-0.4, -0.2) is 52.0 Å². The molecule has 3 heterocycles. The summed E-state index contributed by atoms with van der Waals surface area (Å²) in [5, 5.41) is 2.98. The van der Waals surface area contributed by atoms with E-state index in [9.17, 15) is 4.79 Å². The Kier molecular flexibility index (Phi) is 6.06. The summed E-state index contributed by atoms with van der Waals surface area (Å²) >= 11 is 1.33. The first-order valence-electron chi connectivity index (χ1n) is 10.0. The monoisotopic (exact) mass is 423 g/mol. The standard InChI is InChI=1S/C22H25N5O2S/c1-14-20(15(2)24-12-23-14)18-11-17(26-22(28)21-16(3)25-13-30-21)5-6-19(18)29-10-9-27-7-4-8-27/h5-6,11-13H,4,7-10H2,1-3H3,(H,26,28). The minimum atomic E-state index is -0.162. The molecule has 7 nitrogen and oxygen atoms in total. The Morgan fingerprint density at radius 3 is 2.53 bits per heavy atom.